The Balaban J connectivity index is 1.88. The summed E-state index contributed by atoms with van der Waals surface area (Å²) >= 11 is 0. The van der Waals surface area contributed by atoms with E-state index in [0.717, 1.165) is 29.0 Å². The normalized spacial score (nSPS) is 11.0. The Morgan fingerprint density at radius 3 is 2.76 bits per heavy atom. The van der Waals surface area contributed by atoms with E-state index in [2.05, 4.69) is 27.9 Å². The Bertz CT molecular complexity index is 777. The number of nitrogens with one attached hydrogen (secondary N) is 1. The van der Waals surface area contributed by atoms with Gasteiger partial charge in [0, 0.05) is 6.54 Å². The second-order valence-electron chi connectivity index (χ2n) is 5.10. The van der Waals surface area contributed by atoms with Gasteiger partial charge in [0.15, 0.2) is 0 Å². The maximum absolute atomic E-state index is 13.9. The lowest BCUT2D eigenvalue weighted by Gasteiger charge is -2.09. The molecule has 1 heterocycles. The van der Waals surface area contributed by atoms with Crippen LogP contribution in [0.3, 0.4) is 0 Å². The van der Waals surface area contributed by atoms with Gasteiger partial charge in [0.25, 0.3) is 0 Å². The van der Waals surface area contributed by atoms with Crippen LogP contribution in [0.1, 0.15) is 18.3 Å². The van der Waals surface area contributed by atoms with Crippen molar-refractivity contribution in [2.75, 3.05) is 5.32 Å². The van der Waals surface area contributed by atoms with Crippen LogP contribution < -0.4 is 5.32 Å². The van der Waals surface area contributed by atoms with E-state index in [1.165, 1.54) is 6.07 Å². The highest BCUT2D eigenvalue weighted by Crippen LogP contribution is 2.19. The summed E-state index contributed by atoms with van der Waals surface area (Å²) in [6, 6.07) is 13.2. The molecule has 0 saturated carbocycles. The van der Waals surface area contributed by atoms with Crippen molar-refractivity contribution in [3.63, 3.8) is 0 Å². The van der Waals surface area contributed by atoms with E-state index in [0.29, 0.717) is 12.2 Å². The van der Waals surface area contributed by atoms with Crippen LogP contribution in [-0.4, -0.2) is 9.55 Å². The fourth-order valence-corrected chi connectivity index (χ4v) is 2.55. The molecule has 1 aromatic heterocycles. The number of para-hydroxylation sites is 2. The number of aromatic nitrogens is 2. The molecule has 0 amide bonds. The van der Waals surface area contributed by atoms with Crippen molar-refractivity contribution in [2.24, 2.45) is 0 Å². The molecule has 0 unspecified atom stereocenters. The number of aryl methyl sites for hydroxylation is 2. The maximum Gasteiger partial charge on any atom is 0.146 e. The Labute approximate surface area is 123 Å². The quantitative estimate of drug-likeness (QED) is 0.780. The van der Waals surface area contributed by atoms with Gasteiger partial charge in [0.1, 0.15) is 11.6 Å². The lowest BCUT2D eigenvalue weighted by atomic mass is 10.2. The van der Waals surface area contributed by atoms with E-state index >= 15 is 0 Å². The minimum atomic E-state index is -0.228. The smallest absolute Gasteiger partial charge is 0.146 e. The number of hydrogen-bond acceptors (Lipinski definition) is 2. The van der Waals surface area contributed by atoms with Crippen molar-refractivity contribution in [1.29, 1.82) is 0 Å². The molecule has 0 radical (unpaired) electrons. The van der Waals surface area contributed by atoms with Crippen LogP contribution in [0.2, 0.25) is 0 Å². The molecule has 0 aliphatic rings. The van der Waals surface area contributed by atoms with Crippen LogP contribution in [0.4, 0.5) is 10.1 Å². The SMILES string of the molecule is CCn1c(CNc2ccc(C)cc2F)nc2ccccc21. The van der Waals surface area contributed by atoms with Crippen LogP contribution in [0, 0.1) is 12.7 Å². The number of halogens is 1. The number of nitrogens with zero attached hydrogens (tertiary/aromatic N) is 2. The molecule has 0 atom stereocenters. The molecule has 0 aliphatic heterocycles. The summed E-state index contributed by atoms with van der Waals surface area (Å²) in [4.78, 5) is 4.62. The average Bonchev–Trinajstić information content (AvgIpc) is 2.83. The summed E-state index contributed by atoms with van der Waals surface area (Å²) in [5.41, 5.74) is 3.51. The maximum atomic E-state index is 13.9. The second-order valence-corrected chi connectivity index (χ2v) is 5.10. The number of imidazole rings is 1. The molecule has 3 rings (SSSR count). The molecule has 3 nitrogen and oxygen atoms in total. The van der Waals surface area contributed by atoms with Crippen molar-refractivity contribution in [3.05, 3.63) is 59.7 Å². The molecule has 0 spiro atoms. The highest BCUT2D eigenvalue weighted by atomic mass is 19.1. The number of fused-ring (bicyclic) bond motifs is 1. The van der Waals surface area contributed by atoms with Crippen LogP contribution in [-0.2, 0) is 13.1 Å². The van der Waals surface area contributed by atoms with E-state index in [1.807, 2.05) is 31.2 Å². The number of anilines is 1. The largest absolute Gasteiger partial charge is 0.375 e. The summed E-state index contributed by atoms with van der Waals surface area (Å²) in [6.45, 7) is 5.31. The number of benzene rings is 2. The van der Waals surface area contributed by atoms with Crippen molar-refractivity contribution in [1.82, 2.24) is 9.55 Å². The minimum absolute atomic E-state index is 0.228. The van der Waals surface area contributed by atoms with Crippen molar-refractivity contribution < 1.29 is 4.39 Å². The highest BCUT2D eigenvalue weighted by molar-refractivity contribution is 5.76. The third-order valence-corrected chi connectivity index (χ3v) is 3.61. The summed E-state index contributed by atoms with van der Waals surface area (Å²) in [5.74, 6) is 0.688. The third-order valence-electron chi connectivity index (χ3n) is 3.61. The lowest BCUT2D eigenvalue weighted by Crippen LogP contribution is -2.08. The Hall–Kier alpha value is -2.36. The van der Waals surface area contributed by atoms with Crippen LogP contribution in [0.15, 0.2) is 42.5 Å². The van der Waals surface area contributed by atoms with E-state index in [9.17, 15) is 4.39 Å². The fourth-order valence-electron chi connectivity index (χ4n) is 2.55. The van der Waals surface area contributed by atoms with Crippen LogP contribution >= 0.6 is 0 Å². The molecule has 108 valence electrons. The van der Waals surface area contributed by atoms with Crippen LogP contribution in [0.5, 0.6) is 0 Å². The van der Waals surface area contributed by atoms with Gasteiger partial charge >= 0.3 is 0 Å². The van der Waals surface area contributed by atoms with Gasteiger partial charge in [-0.1, -0.05) is 18.2 Å². The molecule has 3 aromatic rings. The first-order valence-electron chi connectivity index (χ1n) is 7.13. The van der Waals surface area contributed by atoms with Crippen molar-refractivity contribution >= 4 is 16.7 Å². The van der Waals surface area contributed by atoms with Crippen molar-refractivity contribution in [3.8, 4) is 0 Å². The van der Waals surface area contributed by atoms with Gasteiger partial charge in [-0.3, -0.25) is 0 Å². The molecular formula is C17H18FN3. The summed E-state index contributed by atoms with van der Waals surface area (Å²) in [5, 5.41) is 3.13. The molecular weight excluding hydrogens is 265 g/mol. The van der Waals surface area contributed by atoms with Gasteiger partial charge in [-0.05, 0) is 43.7 Å². The first-order chi connectivity index (χ1) is 10.2. The first-order valence-corrected chi connectivity index (χ1v) is 7.13. The zero-order chi connectivity index (χ0) is 14.8. The first kappa shape index (κ1) is 13.6. The van der Waals surface area contributed by atoms with Gasteiger partial charge in [-0.15, -0.1) is 0 Å². The zero-order valence-corrected chi connectivity index (χ0v) is 12.2. The third kappa shape index (κ3) is 2.61. The van der Waals surface area contributed by atoms with E-state index in [-0.39, 0.29) is 5.82 Å². The second kappa shape index (κ2) is 5.56. The van der Waals surface area contributed by atoms with Crippen molar-refractivity contribution in [2.45, 2.75) is 26.9 Å². The highest BCUT2D eigenvalue weighted by Gasteiger charge is 2.09. The van der Waals surface area contributed by atoms with E-state index in [4.69, 9.17) is 0 Å². The Morgan fingerprint density at radius 2 is 2.00 bits per heavy atom. The fraction of sp³-hybridized carbons (Fsp3) is 0.235. The minimum Gasteiger partial charge on any atom is -0.375 e. The molecule has 0 bridgehead atoms. The number of rotatable bonds is 4. The van der Waals surface area contributed by atoms with Gasteiger partial charge in [0.05, 0.1) is 23.3 Å². The predicted octanol–water partition coefficient (Wildman–Crippen LogP) is 4.12. The topological polar surface area (TPSA) is 29.9 Å². The Kier molecular flexibility index (Phi) is 3.60. The molecule has 4 heteroatoms. The van der Waals surface area contributed by atoms with Gasteiger partial charge in [-0.2, -0.15) is 0 Å². The van der Waals surface area contributed by atoms with Gasteiger partial charge in [-0.25, -0.2) is 9.37 Å². The lowest BCUT2D eigenvalue weighted by molar-refractivity contribution is 0.627. The molecule has 0 aliphatic carbocycles. The molecule has 1 N–H and O–H groups in total. The predicted molar refractivity (Wildman–Crippen MR) is 83.9 cm³/mol. The Morgan fingerprint density at radius 1 is 1.19 bits per heavy atom. The van der Waals surface area contributed by atoms with E-state index in [1.54, 1.807) is 6.07 Å². The zero-order valence-electron chi connectivity index (χ0n) is 12.2. The van der Waals surface area contributed by atoms with Gasteiger partial charge in [0.2, 0.25) is 0 Å². The number of hydrogen-bond donors (Lipinski definition) is 1. The molecule has 2 aromatic carbocycles. The van der Waals surface area contributed by atoms with E-state index < -0.39 is 0 Å². The summed E-state index contributed by atoms with van der Waals surface area (Å²) < 4.78 is 16.0. The van der Waals surface area contributed by atoms with Crippen LogP contribution in [0.25, 0.3) is 11.0 Å². The summed E-state index contributed by atoms with van der Waals surface area (Å²) in [7, 11) is 0. The standard InChI is InChI=1S/C17H18FN3/c1-3-21-16-7-5-4-6-15(16)20-17(21)11-19-14-9-8-12(2)10-13(14)18/h4-10,19H,3,11H2,1-2H3. The monoisotopic (exact) mass is 283 g/mol. The van der Waals surface area contributed by atoms with Gasteiger partial charge < -0.3 is 9.88 Å². The summed E-state index contributed by atoms with van der Waals surface area (Å²) in [6.07, 6.45) is 0. The molecule has 0 saturated heterocycles. The molecule has 21 heavy (non-hydrogen) atoms. The molecule has 0 fully saturated rings. The average molecular weight is 283 g/mol.